The van der Waals surface area contributed by atoms with Crippen molar-refractivity contribution < 1.29 is 10.2 Å². The Bertz CT molecular complexity index is 214. The Morgan fingerprint density at radius 2 is 2.00 bits per heavy atom. The molecule has 0 bridgehead atoms. The lowest BCUT2D eigenvalue weighted by Crippen LogP contribution is -2.46. The number of aliphatic hydroxyl groups is 2. The Kier molecular flexibility index (Phi) is 4.77. The molecule has 0 aromatic carbocycles. The molecule has 1 aliphatic rings. The number of aliphatic hydroxyl groups excluding tert-OH is 1. The third-order valence-corrected chi connectivity index (χ3v) is 3.88. The second-order valence-corrected chi connectivity index (χ2v) is 5.86. The largest absolute Gasteiger partial charge is 0.393 e. The molecule has 0 saturated carbocycles. The van der Waals surface area contributed by atoms with Gasteiger partial charge >= 0.3 is 0 Å². The zero-order valence-corrected chi connectivity index (χ0v) is 11.1. The van der Waals surface area contributed by atoms with E-state index in [1.165, 1.54) is 6.42 Å². The number of hydrogen-bond donors (Lipinski definition) is 2. The number of β-amino-alcohol motifs (C(OH)–C–C–N with tert-alkyl or cyclic N) is 1. The van der Waals surface area contributed by atoms with Crippen molar-refractivity contribution in [1.82, 2.24) is 4.90 Å². The van der Waals surface area contributed by atoms with Crippen molar-refractivity contribution >= 4 is 0 Å². The first-order valence-corrected chi connectivity index (χ1v) is 6.47. The van der Waals surface area contributed by atoms with Gasteiger partial charge in [0.2, 0.25) is 0 Å². The average Bonchev–Trinajstić information content (AvgIpc) is 2.50. The zero-order valence-electron chi connectivity index (χ0n) is 11.1. The number of nitrogens with zero attached hydrogens (tertiary/aromatic N) is 1. The third-order valence-electron chi connectivity index (χ3n) is 3.88. The molecule has 1 saturated heterocycles. The fraction of sp³-hybridized carbons (Fsp3) is 1.00. The van der Waals surface area contributed by atoms with Crippen LogP contribution in [0.4, 0.5) is 0 Å². The third kappa shape index (κ3) is 3.72. The molecule has 0 aliphatic carbocycles. The lowest BCUT2D eigenvalue weighted by atomic mass is 9.91. The van der Waals surface area contributed by atoms with Crippen LogP contribution in [0.1, 0.15) is 47.0 Å². The van der Waals surface area contributed by atoms with Crippen molar-refractivity contribution in [3.05, 3.63) is 0 Å². The van der Waals surface area contributed by atoms with Gasteiger partial charge in [-0.15, -0.1) is 0 Å². The van der Waals surface area contributed by atoms with Crippen molar-refractivity contribution in [2.45, 2.75) is 64.7 Å². The molecule has 3 heteroatoms. The molecule has 0 aromatic heterocycles. The molecule has 0 spiro atoms. The molecular weight excluding hydrogens is 202 g/mol. The highest BCUT2D eigenvalue weighted by molar-refractivity contribution is 4.87. The molecule has 1 rings (SSSR count). The molecule has 16 heavy (non-hydrogen) atoms. The lowest BCUT2D eigenvalue weighted by molar-refractivity contribution is -0.0254. The Hall–Kier alpha value is -0.120. The van der Waals surface area contributed by atoms with Gasteiger partial charge in [0.05, 0.1) is 11.7 Å². The molecule has 1 heterocycles. The van der Waals surface area contributed by atoms with Crippen LogP contribution in [0.3, 0.4) is 0 Å². The van der Waals surface area contributed by atoms with E-state index >= 15 is 0 Å². The molecule has 96 valence electrons. The first-order valence-electron chi connectivity index (χ1n) is 6.47. The zero-order chi connectivity index (χ0) is 12.3. The van der Waals surface area contributed by atoms with Crippen LogP contribution in [-0.4, -0.2) is 45.9 Å². The smallest absolute Gasteiger partial charge is 0.0768 e. The normalized spacial score (nSPS) is 28.3. The molecule has 3 nitrogen and oxygen atoms in total. The minimum Gasteiger partial charge on any atom is -0.393 e. The van der Waals surface area contributed by atoms with Crippen LogP contribution >= 0.6 is 0 Å². The summed E-state index contributed by atoms with van der Waals surface area (Å²) >= 11 is 0. The summed E-state index contributed by atoms with van der Waals surface area (Å²) < 4.78 is 0. The Morgan fingerprint density at radius 1 is 1.38 bits per heavy atom. The van der Waals surface area contributed by atoms with Crippen molar-refractivity contribution in [1.29, 1.82) is 0 Å². The van der Waals surface area contributed by atoms with Gasteiger partial charge in [0, 0.05) is 12.6 Å². The van der Waals surface area contributed by atoms with E-state index < -0.39 is 5.60 Å². The fourth-order valence-corrected chi connectivity index (χ4v) is 2.36. The van der Waals surface area contributed by atoms with Crippen LogP contribution in [0.25, 0.3) is 0 Å². The number of likely N-dealkylation sites (tertiary alicyclic amines) is 1. The van der Waals surface area contributed by atoms with E-state index in [1.807, 2.05) is 13.8 Å². The van der Waals surface area contributed by atoms with Crippen molar-refractivity contribution in [3.8, 4) is 0 Å². The molecule has 1 aliphatic heterocycles. The van der Waals surface area contributed by atoms with Crippen LogP contribution in [0.2, 0.25) is 0 Å². The maximum absolute atomic E-state index is 10.3. The molecular formula is C13H27NO2. The summed E-state index contributed by atoms with van der Waals surface area (Å²) in [6.07, 6.45) is 2.92. The van der Waals surface area contributed by atoms with E-state index in [4.69, 9.17) is 0 Å². The molecule has 0 aromatic rings. The average molecular weight is 229 g/mol. The first kappa shape index (κ1) is 13.9. The van der Waals surface area contributed by atoms with Gasteiger partial charge in [0.1, 0.15) is 0 Å². The van der Waals surface area contributed by atoms with E-state index in [0.717, 1.165) is 25.9 Å². The highest BCUT2D eigenvalue weighted by Gasteiger charge is 2.33. The Balaban J connectivity index is 2.52. The summed E-state index contributed by atoms with van der Waals surface area (Å²) in [5, 5.41) is 19.7. The van der Waals surface area contributed by atoms with Crippen molar-refractivity contribution in [3.63, 3.8) is 0 Å². The molecule has 3 unspecified atom stereocenters. The summed E-state index contributed by atoms with van der Waals surface area (Å²) in [6, 6.07) is 0.449. The standard InChI is InChI=1S/C13H27NO2/c1-10(2)13(4,16)9-14-7-5-6-12(14)8-11(3)15/h10-12,15-16H,5-9H2,1-4H3. The second-order valence-electron chi connectivity index (χ2n) is 5.86. The van der Waals surface area contributed by atoms with Gasteiger partial charge in [-0.3, -0.25) is 4.90 Å². The van der Waals surface area contributed by atoms with Crippen molar-refractivity contribution in [2.75, 3.05) is 13.1 Å². The minimum absolute atomic E-state index is 0.241. The highest BCUT2D eigenvalue weighted by Crippen LogP contribution is 2.26. The summed E-state index contributed by atoms with van der Waals surface area (Å²) in [5.41, 5.74) is -0.624. The molecule has 0 amide bonds. The monoisotopic (exact) mass is 229 g/mol. The van der Waals surface area contributed by atoms with E-state index in [9.17, 15) is 10.2 Å². The topological polar surface area (TPSA) is 43.7 Å². The second kappa shape index (κ2) is 5.48. The molecule has 0 radical (unpaired) electrons. The van der Waals surface area contributed by atoms with Crippen LogP contribution in [-0.2, 0) is 0 Å². The Morgan fingerprint density at radius 3 is 2.50 bits per heavy atom. The van der Waals surface area contributed by atoms with E-state index in [1.54, 1.807) is 0 Å². The Labute approximate surface area is 99.5 Å². The van der Waals surface area contributed by atoms with E-state index in [-0.39, 0.29) is 12.0 Å². The summed E-state index contributed by atoms with van der Waals surface area (Å²) in [6.45, 7) is 9.65. The molecule has 1 fully saturated rings. The number of rotatable bonds is 5. The van der Waals surface area contributed by atoms with Gasteiger partial charge < -0.3 is 10.2 Å². The first-order chi connectivity index (χ1) is 7.33. The maximum atomic E-state index is 10.3. The summed E-state index contributed by atoms with van der Waals surface area (Å²) in [4.78, 5) is 2.34. The minimum atomic E-state index is -0.624. The SMILES string of the molecule is CC(O)CC1CCCN1CC(C)(O)C(C)C. The van der Waals surface area contributed by atoms with Gasteiger partial charge in [-0.05, 0) is 45.6 Å². The summed E-state index contributed by atoms with van der Waals surface area (Å²) in [5.74, 6) is 0.264. The quantitative estimate of drug-likeness (QED) is 0.753. The van der Waals surface area contributed by atoms with Crippen molar-refractivity contribution in [2.24, 2.45) is 5.92 Å². The predicted octanol–water partition coefficient (Wildman–Crippen LogP) is 1.63. The van der Waals surface area contributed by atoms with Gasteiger partial charge in [0.15, 0.2) is 0 Å². The molecule has 2 N–H and O–H groups in total. The summed E-state index contributed by atoms with van der Waals surface area (Å²) in [7, 11) is 0. The lowest BCUT2D eigenvalue weighted by Gasteiger charge is -2.35. The fourth-order valence-electron chi connectivity index (χ4n) is 2.36. The van der Waals surface area contributed by atoms with Gasteiger partial charge in [-0.1, -0.05) is 13.8 Å². The van der Waals surface area contributed by atoms with E-state index in [2.05, 4.69) is 18.7 Å². The molecule has 3 atom stereocenters. The van der Waals surface area contributed by atoms with Crippen LogP contribution in [0, 0.1) is 5.92 Å². The van der Waals surface area contributed by atoms with Crippen LogP contribution in [0.15, 0.2) is 0 Å². The maximum Gasteiger partial charge on any atom is 0.0768 e. The van der Waals surface area contributed by atoms with Gasteiger partial charge in [0.25, 0.3) is 0 Å². The number of hydrogen-bond acceptors (Lipinski definition) is 3. The van der Waals surface area contributed by atoms with E-state index in [0.29, 0.717) is 6.04 Å². The van der Waals surface area contributed by atoms with Crippen LogP contribution in [0.5, 0.6) is 0 Å². The van der Waals surface area contributed by atoms with Gasteiger partial charge in [-0.2, -0.15) is 0 Å². The van der Waals surface area contributed by atoms with Gasteiger partial charge in [-0.25, -0.2) is 0 Å². The van der Waals surface area contributed by atoms with Crippen LogP contribution < -0.4 is 0 Å². The predicted molar refractivity (Wildman–Crippen MR) is 66.4 cm³/mol. The highest BCUT2D eigenvalue weighted by atomic mass is 16.3.